The number of nitrogens with one attached hydrogen (secondary N) is 1. The predicted molar refractivity (Wildman–Crippen MR) is 176 cm³/mol. The molecule has 6 aromatic rings. The van der Waals surface area contributed by atoms with E-state index < -0.39 is 0 Å². The van der Waals surface area contributed by atoms with Crippen LogP contribution in [0.3, 0.4) is 0 Å². The number of nitriles is 1. The monoisotopic (exact) mass is 612 g/mol. The van der Waals surface area contributed by atoms with Crippen molar-refractivity contribution in [3.63, 3.8) is 0 Å². The van der Waals surface area contributed by atoms with Crippen molar-refractivity contribution >= 4 is 34.4 Å². The number of rotatable bonds is 7. The Balaban J connectivity index is 1.13. The van der Waals surface area contributed by atoms with Crippen LogP contribution in [0.15, 0.2) is 91.4 Å². The van der Waals surface area contributed by atoms with Gasteiger partial charge in [-0.1, -0.05) is 35.9 Å². The Morgan fingerprint density at radius 2 is 1.78 bits per heavy atom. The number of hydrogen-bond acceptors (Lipinski definition) is 9. The molecule has 10 nitrogen and oxygen atoms in total. The van der Waals surface area contributed by atoms with Crippen molar-refractivity contribution in [2.24, 2.45) is 0 Å². The van der Waals surface area contributed by atoms with E-state index in [0.29, 0.717) is 34.2 Å². The highest BCUT2D eigenvalue weighted by Gasteiger charge is 2.21. The van der Waals surface area contributed by atoms with E-state index in [1.807, 2.05) is 53.1 Å². The summed E-state index contributed by atoms with van der Waals surface area (Å²) in [6.45, 7) is 2.77. The number of aromatic nitrogens is 6. The van der Waals surface area contributed by atoms with Gasteiger partial charge in [0.05, 0.1) is 11.3 Å². The van der Waals surface area contributed by atoms with Gasteiger partial charge in [-0.2, -0.15) is 5.26 Å². The van der Waals surface area contributed by atoms with Gasteiger partial charge in [0.15, 0.2) is 11.5 Å². The Morgan fingerprint density at radius 1 is 0.933 bits per heavy atom. The summed E-state index contributed by atoms with van der Waals surface area (Å²) in [5.41, 5.74) is 12.8. The lowest BCUT2D eigenvalue weighted by atomic mass is 10.0. The quantitative estimate of drug-likeness (QED) is 0.218. The van der Waals surface area contributed by atoms with E-state index >= 15 is 0 Å². The molecular formula is C34H29ClN10. The van der Waals surface area contributed by atoms with Gasteiger partial charge in [0.1, 0.15) is 35.2 Å². The van der Waals surface area contributed by atoms with Crippen molar-refractivity contribution in [3.05, 3.63) is 108 Å². The minimum absolute atomic E-state index is 0.308. The molecule has 3 N–H and O–H groups in total. The third-order valence-electron chi connectivity index (χ3n) is 8.03. The molecule has 0 radical (unpaired) electrons. The average Bonchev–Trinajstić information content (AvgIpc) is 3.45. The Labute approximate surface area is 265 Å². The van der Waals surface area contributed by atoms with Gasteiger partial charge in [-0.05, 0) is 66.9 Å². The van der Waals surface area contributed by atoms with Crippen molar-refractivity contribution < 1.29 is 0 Å². The highest BCUT2D eigenvalue weighted by molar-refractivity contribution is 6.30. The maximum absolute atomic E-state index is 9.11. The topological polar surface area (TPSA) is 134 Å². The van der Waals surface area contributed by atoms with Gasteiger partial charge in [0.2, 0.25) is 0 Å². The van der Waals surface area contributed by atoms with E-state index in [-0.39, 0.29) is 0 Å². The van der Waals surface area contributed by atoms with Crippen molar-refractivity contribution in [1.29, 1.82) is 5.26 Å². The van der Waals surface area contributed by atoms with E-state index in [1.54, 1.807) is 12.3 Å². The molecule has 0 bridgehead atoms. The fourth-order valence-corrected chi connectivity index (χ4v) is 5.94. The van der Waals surface area contributed by atoms with Crippen molar-refractivity contribution in [1.82, 2.24) is 34.4 Å². The van der Waals surface area contributed by atoms with Crippen LogP contribution in [0.25, 0.3) is 39.5 Å². The summed E-state index contributed by atoms with van der Waals surface area (Å²) in [4.78, 5) is 25.0. The number of imidazole rings is 1. The lowest BCUT2D eigenvalue weighted by Crippen LogP contribution is -2.38. The molecule has 5 heterocycles. The summed E-state index contributed by atoms with van der Waals surface area (Å²) in [6, 6.07) is 28.0. The number of piperidine rings is 1. The molecule has 0 saturated carbocycles. The van der Waals surface area contributed by atoms with E-state index in [0.717, 1.165) is 66.1 Å². The second-order valence-corrected chi connectivity index (χ2v) is 11.5. The number of fused-ring (bicyclic) bond motifs is 1. The largest absolute Gasteiger partial charge is 0.383 e. The van der Waals surface area contributed by atoms with E-state index in [4.69, 9.17) is 32.6 Å². The molecule has 222 valence electrons. The first-order chi connectivity index (χ1) is 22.0. The molecule has 11 heteroatoms. The van der Waals surface area contributed by atoms with Gasteiger partial charge >= 0.3 is 0 Å². The lowest BCUT2D eigenvalue weighted by Gasteiger charge is -2.32. The standard InChI is InChI=1S/C34H29ClN10/c35-24-4-1-3-23(17-24)29-10-11-30-34(42-29)45(33(43-30)28-5-2-14-38-32(28)37)27-8-6-22(7-9-27)20-44-15-12-25(13-16-44)41-31-18-26(19-36)39-21-40-31/h1-11,14,17-18,21,25H,12-13,15-16,20H2,(H2,37,38)(H,39,40,41). The van der Waals surface area contributed by atoms with E-state index in [9.17, 15) is 0 Å². The fourth-order valence-electron chi connectivity index (χ4n) is 5.75. The molecule has 0 spiro atoms. The first kappa shape index (κ1) is 28.4. The van der Waals surface area contributed by atoms with Crippen molar-refractivity contribution in [2.75, 3.05) is 24.1 Å². The summed E-state index contributed by atoms with van der Waals surface area (Å²) in [6.07, 6.45) is 5.08. The summed E-state index contributed by atoms with van der Waals surface area (Å²) in [5, 5.41) is 13.2. The molecule has 1 aliphatic rings. The number of halogens is 1. The maximum atomic E-state index is 9.11. The number of likely N-dealkylation sites (tertiary alicyclic amines) is 1. The molecular weight excluding hydrogens is 584 g/mol. The normalized spacial score (nSPS) is 14.0. The molecule has 0 atom stereocenters. The highest BCUT2D eigenvalue weighted by atomic mass is 35.5. The maximum Gasteiger partial charge on any atom is 0.165 e. The Bertz CT molecular complexity index is 2020. The molecule has 1 saturated heterocycles. The molecule has 4 aromatic heterocycles. The zero-order valence-corrected chi connectivity index (χ0v) is 25.1. The van der Waals surface area contributed by atoms with Crippen LogP contribution in [-0.4, -0.2) is 53.5 Å². The summed E-state index contributed by atoms with van der Waals surface area (Å²) < 4.78 is 2.04. The van der Waals surface area contributed by atoms with Crippen LogP contribution >= 0.6 is 11.6 Å². The summed E-state index contributed by atoms with van der Waals surface area (Å²) in [7, 11) is 0. The molecule has 0 unspecified atom stereocenters. The number of pyridine rings is 2. The van der Waals surface area contributed by atoms with Crippen LogP contribution in [0.2, 0.25) is 5.02 Å². The Morgan fingerprint density at radius 3 is 2.56 bits per heavy atom. The van der Waals surface area contributed by atoms with Crippen molar-refractivity contribution in [2.45, 2.75) is 25.4 Å². The first-order valence-electron chi connectivity index (χ1n) is 14.7. The smallest absolute Gasteiger partial charge is 0.165 e. The van der Waals surface area contributed by atoms with Crippen LogP contribution in [0.1, 0.15) is 24.1 Å². The molecule has 45 heavy (non-hydrogen) atoms. The van der Waals surface area contributed by atoms with Crippen molar-refractivity contribution in [3.8, 4) is 34.4 Å². The van der Waals surface area contributed by atoms with Gasteiger partial charge in [-0.25, -0.2) is 24.9 Å². The summed E-state index contributed by atoms with van der Waals surface area (Å²) >= 11 is 6.29. The highest BCUT2D eigenvalue weighted by Crippen LogP contribution is 2.32. The van der Waals surface area contributed by atoms with Gasteiger partial charge in [-0.15, -0.1) is 0 Å². The summed E-state index contributed by atoms with van der Waals surface area (Å²) in [5.74, 6) is 1.78. The molecule has 1 fully saturated rings. The number of hydrogen-bond donors (Lipinski definition) is 2. The van der Waals surface area contributed by atoms with Gasteiger partial charge in [-0.3, -0.25) is 9.47 Å². The third-order valence-corrected chi connectivity index (χ3v) is 8.26. The van der Waals surface area contributed by atoms with E-state index in [2.05, 4.69) is 55.5 Å². The van der Waals surface area contributed by atoms with Crippen LogP contribution in [0, 0.1) is 11.3 Å². The molecule has 2 aromatic carbocycles. The van der Waals surface area contributed by atoms with Crippen LogP contribution in [0.4, 0.5) is 11.6 Å². The fraction of sp³-hybridized carbons (Fsp3) is 0.176. The number of nitrogen functional groups attached to an aromatic ring is 1. The van der Waals surface area contributed by atoms with Gasteiger partial charge in [0, 0.05) is 54.2 Å². The Kier molecular flexibility index (Phi) is 7.78. The number of anilines is 2. The predicted octanol–water partition coefficient (Wildman–Crippen LogP) is 6.12. The minimum Gasteiger partial charge on any atom is -0.383 e. The second-order valence-electron chi connectivity index (χ2n) is 11.0. The third kappa shape index (κ3) is 6.04. The van der Waals surface area contributed by atoms with Gasteiger partial charge in [0.25, 0.3) is 0 Å². The number of nitrogens with two attached hydrogens (primary N) is 1. The molecule has 0 aliphatic carbocycles. The lowest BCUT2D eigenvalue weighted by molar-refractivity contribution is 0.211. The second kappa shape index (κ2) is 12.3. The van der Waals surface area contributed by atoms with Gasteiger partial charge < -0.3 is 11.1 Å². The molecule has 1 aliphatic heterocycles. The number of benzene rings is 2. The average molecular weight is 613 g/mol. The molecule has 7 rings (SSSR count). The SMILES string of the molecule is N#Cc1cc(NC2CCN(Cc3ccc(-n4c(-c5cccnc5N)nc5ccc(-c6cccc(Cl)c6)nc54)cc3)CC2)ncn1. The van der Waals surface area contributed by atoms with Crippen LogP contribution < -0.4 is 11.1 Å². The zero-order chi connectivity index (χ0) is 30.8. The Hall–Kier alpha value is -5.37. The van der Waals surface area contributed by atoms with Crippen LogP contribution in [-0.2, 0) is 6.54 Å². The molecule has 0 amide bonds. The zero-order valence-electron chi connectivity index (χ0n) is 24.3. The first-order valence-corrected chi connectivity index (χ1v) is 15.1. The number of nitrogens with zero attached hydrogens (tertiary/aromatic N) is 8. The van der Waals surface area contributed by atoms with E-state index in [1.165, 1.54) is 11.9 Å². The minimum atomic E-state index is 0.308. The van der Waals surface area contributed by atoms with Crippen LogP contribution in [0.5, 0.6) is 0 Å².